The van der Waals surface area contributed by atoms with Crippen molar-refractivity contribution < 1.29 is 9.42 Å². The number of halogens is 1. The summed E-state index contributed by atoms with van der Waals surface area (Å²) in [6.07, 6.45) is 0. The highest BCUT2D eigenvalue weighted by molar-refractivity contribution is 9.10. The van der Waals surface area contributed by atoms with E-state index in [1.54, 1.807) is 18.2 Å². The number of carbonyl (C=O) groups is 1. The van der Waals surface area contributed by atoms with E-state index in [1.807, 2.05) is 23.6 Å². The molecule has 100 valence electrons. The van der Waals surface area contributed by atoms with Crippen LogP contribution in [-0.2, 0) is 0 Å². The quantitative estimate of drug-likeness (QED) is 0.780. The fourth-order valence-corrected chi connectivity index (χ4v) is 2.84. The summed E-state index contributed by atoms with van der Waals surface area (Å²) < 4.78 is 5.43. The van der Waals surface area contributed by atoms with Crippen LogP contribution < -0.4 is 5.32 Å². The molecule has 1 aromatic carbocycles. The molecule has 3 rings (SSSR count). The number of rotatable bonds is 3. The van der Waals surface area contributed by atoms with Crippen LogP contribution in [0.3, 0.4) is 0 Å². The van der Waals surface area contributed by atoms with Gasteiger partial charge in [0, 0.05) is 4.47 Å². The number of nitrogens with one attached hydrogen (secondary N) is 1. The SMILES string of the molecule is O=C(Nc1nonc1-c1cccs1)c1ccccc1Br. The van der Waals surface area contributed by atoms with E-state index in [9.17, 15) is 4.79 Å². The first-order valence-corrected chi connectivity index (χ1v) is 7.35. The maximum Gasteiger partial charge on any atom is 0.258 e. The molecule has 1 amide bonds. The van der Waals surface area contributed by atoms with Crippen LogP contribution in [0.2, 0.25) is 0 Å². The van der Waals surface area contributed by atoms with Crippen molar-refractivity contribution >= 4 is 39.0 Å². The van der Waals surface area contributed by atoms with Gasteiger partial charge in [-0.3, -0.25) is 4.79 Å². The zero-order chi connectivity index (χ0) is 13.9. The minimum Gasteiger partial charge on any atom is -0.302 e. The van der Waals surface area contributed by atoms with Gasteiger partial charge in [-0.2, -0.15) is 0 Å². The summed E-state index contributed by atoms with van der Waals surface area (Å²) in [4.78, 5) is 13.1. The summed E-state index contributed by atoms with van der Waals surface area (Å²) in [5.74, 6) is 0.0409. The lowest BCUT2D eigenvalue weighted by Gasteiger charge is -2.04. The molecule has 0 aliphatic rings. The third-order valence-electron chi connectivity index (χ3n) is 2.59. The molecule has 0 bridgehead atoms. The molecular formula is C13H8BrN3O2S. The lowest BCUT2D eigenvalue weighted by molar-refractivity contribution is 0.102. The number of aromatic nitrogens is 2. The Labute approximate surface area is 126 Å². The second kappa shape index (κ2) is 5.56. The van der Waals surface area contributed by atoms with Gasteiger partial charge in [-0.05, 0) is 49.8 Å². The smallest absolute Gasteiger partial charge is 0.258 e. The van der Waals surface area contributed by atoms with Crippen molar-refractivity contribution in [2.75, 3.05) is 5.32 Å². The van der Waals surface area contributed by atoms with E-state index in [2.05, 4.69) is 31.6 Å². The number of anilines is 1. The van der Waals surface area contributed by atoms with Gasteiger partial charge in [0.05, 0.1) is 10.4 Å². The molecule has 0 spiro atoms. The number of nitrogens with zero attached hydrogens (tertiary/aromatic N) is 2. The summed E-state index contributed by atoms with van der Waals surface area (Å²) in [5, 5.41) is 12.2. The van der Waals surface area contributed by atoms with Gasteiger partial charge in [-0.25, -0.2) is 4.63 Å². The Balaban J connectivity index is 1.88. The van der Waals surface area contributed by atoms with Crippen molar-refractivity contribution in [1.29, 1.82) is 0 Å². The Hall–Kier alpha value is -1.99. The lowest BCUT2D eigenvalue weighted by Crippen LogP contribution is -2.13. The number of thiophene rings is 1. The second-order valence-corrected chi connectivity index (χ2v) is 5.67. The molecule has 0 unspecified atom stereocenters. The van der Waals surface area contributed by atoms with E-state index in [4.69, 9.17) is 4.63 Å². The predicted octanol–water partition coefficient (Wildman–Crippen LogP) is 3.81. The fourth-order valence-electron chi connectivity index (χ4n) is 1.67. The van der Waals surface area contributed by atoms with E-state index in [1.165, 1.54) is 11.3 Å². The van der Waals surface area contributed by atoms with Gasteiger partial charge in [-0.1, -0.05) is 18.2 Å². The molecule has 0 radical (unpaired) electrons. The summed E-state index contributed by atoms with van der Waals surface area (Å²) in [7, 11) is 0. The minimum atomic E-state index is -0.272. The van der Waals surface area contributed by atoms with Crippen molar-refractivity contribution in [2.45, 2.75) is 0 Å². The molecule has 3 aromatic rings. The van der Waals surface area contributed by atoms with Gasteiger partial charge in [0.25, 0.3) is 5.91 Å². The molecule has 0 saturated heterocycles. The largest absolute Gasteiger partial charge is 0.302 e. The predicted molar refractivity (Wildman–Crippen MR) is 79.7 cm³/mol. The standard InChI is InChI=1S/C13H8BrN3O2S/c14-9-5-2-1-4-8(9)13(18)15-12-11(16-19-17-12)10-6-3-7-20-10/h1-7H,(H,15,17,18). The number of hydrogen-bond donors (Lipinski definition) is 1. The first-order chi connectivity index (χ1) is 9.75. The van der Waals surface area contributed by atoms with Crippen LogP contribution in [0.25, 0.3) is 10.6 Å². The Morgan fingerprint density at radius 2 is 2.05 bits per heavy atom. The summed E-state index contributed by atoms with van der Waals surface area (Å²) >= 11 is 4.84. The highest BCUT2D eigenvalue weighted by Gasteiger charge is 2.17. The third-order valence-corrected chi connectivity index (χ3v) is 4.16. The third kappa shape index (κ3) is 2.50. The first-order valence-electron chi connectivity index (χ1n) is 5.68. The molecular weight excluding hydrogens is 342 g/mol. The molecule has 20 heavy (non-hydrogen) atoms. The zero-order valence-corrected chi connectivity index (χ0v) is 12.4. The Kier molecular flexibility index (Phi) is 3.62. The summed E-state index contributed by atoms with van der Waals surface area (Å²) in [6.45, 7) is 0. The first kappa shape index (κ1) is 13.0. The highest BCUT2D eigenvalue weighted by atomic mass is 79.9. The maximum absolute atomic E-state index is 12.2. The molecule has 0 fully saturated rings. The van der Waals surface area contributed by atoms with E-state index < -0.39 is 0 Å². The molecule has 1 N–H and O–H groups in total. The van der Waals surface area contributed by atoms with Gasteiger partial charge >= 0.3 is 0 Å². The average Bonchev–Trinajstić information content (AvgIpc) is 3.09. The highest BCUT2D eigenvalue weighted by Crippen LogP contribution is 2.29. The summed E-state index contributed by atoms with van der Waals surface area (Å²) in [5.41, 5.74) is 1.05. The van der Waals surface area contributed by atoms with E-state index >= 15 is 0 Å². The van der Waals surface area contributed by atoms with Crippen molar-refractivity contribution in [3.05, 3.63) is 51.8 Å². The number of benzene rings is 1. The van der Waals surface area contributed by atoms with Crippen LogP contribution in [0.4, 0.5) is 5.82 Å². The van der Waals surface area contributed by atoms with Crippen LogP contribution in [0, 0.1) is 0 Å². The molecule has 0 aliphatic carbocycles. The van der Waals surface area contributed by atoms with Crippen molar-refractivity contribution in [1.82, 2.24) is 10.3 Å². The molecule has 5 nitrogen and oxygen atoms in total. The van der Waals surface area contributed by atoms with Crippen LogP contribution >= 0.6 is 27.3 Å². The molecule has 7 heteroatoms. The minimum absolute atomic E-state index is 0.272. The zero-order valence-electron chi connectivity index (χ0n) is 10.0. The Bertz CT molecular complexity index is 740. The van der Waals surface area contributed by atoms with Gasteiger partial charge < -0.3 is 5.32 Å². The van der Waals surface area contributed by atoms with Crippen LogP contribution in [0.5, 0.6) is 0 Å². The second-order valence-electron chi connectivity index (χ2n) is 3.87. The molecule has 2 aromatic heterocycles. The van der Waals surface area contributed by atoms with Crippen molar-refractivity contribution in [3.63, 3.8) is 0 Å². The normalized spacial score (nSPS) is 10.4. The van der Waals surface area contributed by atoms with E-state index in [-0.39, 0.29) is 5.91 Å². The van der Waals surface area contributed by atoms with Gasteiger partial charge in [0.15, 0.2) is 5.69 Å². The average molecular weight is 350 g/mol. The summed E-state index contributed by atoms with van der Waals surface area (Å²) in [6, 6.07) is 10.9. The monoisotopic (exact) mass is 349 g/mol. The number of amides is 1. The molecule has 0 aliphatic heterocycles. The number of hydrogen-bond acceptors (Lipinski definition) is 5. The van der Waals surface area contributed by atoms with Crippen molar-refractivity contribution in [2.24, 2.45) is 0 Å². The van der Waals surface area contributed by atoms with Crippen LogP contribution in [0.1, 0.15) is 10.4 Å². The van der Waals surface area contributed by atoms with Gasteiger partial charge in [0.2, 0.25) is 5.82 Å². The van der Waals surface area contributed by atoms with Crippen molar-refractivity contribution in [3.8, 4) is 10.6 Å². The molecule has 0 saturated carbocycles. The fraction of sp³-hybridized carbons (Fsp3) is 0. The molecule has 0 atom stereocenters. The van der Waals surface area contributed by atoms with Gasteiger partial charge in [0.1, 0.15) is 0 Å². The van der Waals surface area contributed by atoms with E-state index in [0.717, 1.165) is 4.88 Å². The lowest BCUT2D eigenvalue weighted by atomic mass is 10.2. The molecule has 2 heterocycles. The van der Waals surface area contributed by atoms with E-state index in [0.29, 0.717) is 21.5 Å². The van der Waals surface area contributed by atoms with Gasteiger partial charge in [-0.15, -0.1) is 11.3 Å². The topological polar surface area (TPSA) is 68.0 Å². The number of carbonyl (C=O) groups excluding carboxylic acids is 1. The van der Waals surface area contributed by atoms with Crippen LogP contribution in [-0.4, -0.2) is 16.2 Å². The Morgan fingerprint density at radius 3 is 2.80 bits per heavy atom. The Morgan fingerprint density at radius 1 is 1.20 bits per heavy atom. The maximum atomic E-state index is 12.2. The van der Waals surface area contributed by atoms with Crippen LogP contribution in [0.15, 0.2) is 50.9 Å².